The Hall–Kier alpha value is -2.82. The number of ether oxygens (including phenoxy) is 1. The first-order valence-electron chi connectivity index (χ1n) is 8.00. The lowest BCUT2D eigenvalue weighted by molar-refractivity contribution is -0.120. The molecule has 2 aromatic carbocycles. The first kappa shape index (κ1) is 17.5. The number of phenols is 1. The Balaban J connectivity index is 1.78. The summed E-state index contributed by atoms with van der Waals surface area (Å²) in [5.74, 6) is 0.799. The van der Waals surface area contributed by atoms with Crippen LogP contribution in [0.4, 0.5) is 0 Å². The van der Waals surface area contributed by atoms with Crippen molar-refractivity contribution in [2.24, 2.45) is 5.10 Å². The van der Waals surface area contributed by atoms with Crippen molar-refractivity contribution in [2.75, 3.05) is 6.61 Å². The summed E-state index contributed by atoms with van der Waals surface area (Å²) in [5, 5.41) is 13.2. The van der Waals surface area contributed by atoms with Crippen LogP contribution in [0.5, 0.6) is 11.5 Å². The van der Waals surface area contributed by atoms with E-state index in [0.29, 0.717) is 0 Å². The van der Waals surface area contributed by atoms with E-state index in [0.717, 1.165) is 36.3 Å². The van der Waals surface area contributed by atoms with Crippen molar-refractivity contribution in [2.45, 2.75) is 26.2 Å². The zero-order valence-corrected chi connectivity index (χ0v) is 13.7. The number of unbranched alkanes of at least 4 members (excludes halogenated alkanes) is 1. The summed E-state index contributed by atoms with van der Waals surface area (Å²) in [4.78, 5) is 11.8. The number of aromatic hydroxyl groups is 1. The highest BCUT2D eigenvalue weighted by atomic mass is 16.5. The quantitative estimate of drug-likeness (QED) is 0.444. The van der Waals surface area contributed by atoms with Gasteiger partial charge < -0.3 is 9.84 Å². The van der Waals surface area contributed by atoms with Crippen molar-refractivity contribution in [3.05, 3.63) is 59.7 Å². The van der Waals surface area contributed by atoms with Gasteiger partial charge in [0.2, 0.25) is 5.91 Å². The number of rotatable bonds is 8. The molecule has 0 aromatic heterocycles. The maximum Gasteiger partial charge on any atom is 0.244 e. The third kappa shape index (κ3) is 6.12. The number of benzene rings is 2. The summed E-state index contributed by atoms with van der Waals surface area (Å²) in [6, 6.07) is 14.1. The summed E-state index contributed by atoms with van der Waals surface area (Å²) in [7, 11) is 0. The first-order chi connectivity index (χ1) is 11.7. The average molecular weight is 326 g/mol. The van der Waals surface area contributed by atoms with Crippen molar-refractivity contribution < 1.29 is 14.6 Å². The number of carbonyl (C=O) groups excluding carboxylic acids is 1. The van der Waals surface area contributed by atoms with E-state index < -0.39 is 0 Å². The lowest BCUT2D eigenvalue weighted by atomic mass is 10.1. The lowest BCUT2D eigenvalue weighted by Gasteiger charge is -2.05. The van der Waals surface area contributed by atoms with E-state index in [4.69, 9.17) is 4.74 Å². The van der Waals surface area contributed by atoms with Crippen molar-refractivity contribution in [1.29, 1.82) is 0 Å². The lowest BCUT2D eigenvalue weighted by Crippen LogP contribution is -2.19. The zero-order chi connectivity index (χ0) is 17.2. The summed E-state index contributed by atoms with van der Waals surface area (Å²) < 4.78 is 5.59. The summed E-state index contributed by atoms with van der Waals surface area (Å²) in [5.41, 5.74) is 4.18. The van der Waals surface area contributed by atoms with Crippen LogP contribution >= 0.6 is 0 Å². The van der Waals surface area contributed by atoms with Gasteiger partial charge in [0, 0.05) is 0 Å². The van der Waals surface area contributed by atoms with E-state index in [1.165, 1.54) is 0 Å². The Labute approximate surface area is 142 Å². The Morgan fingerprint density at radius 3 is 2.54 bits per heavy atom. The van der Waals surface area contributed by atoms with Gasteiger partial charge >= 0.3 is 0 Å². The van der Waals surface area contributed by atoms with E-state index in [2.05, 4.69) is 17.5 Å². The number of hydrogen-bond acceptors (Lipinski definition) is 4. The molecule has 0 aliphatic rings. The minimum atomic E-state index is -0.212. The molecule has 5 heteroatoms. The van der Waals surface area contributed by atoms with Crippen LogP contribution in [-0.4, -0.2) is 23.8 Å². The van der Waals surface area contributed by atoms with E-state index in [9.17, 15) is 9.90 Å². The van der Waals surface area contributed by atoms with Crippen LogP contribution < -0.4 is 10.2 Å². The van der Waals surface area contributed by atoms with Gasteiger partial charge in [0.15, 0.2) is 0 Å². The monoisotopic (exact) mass is 326 g/mol. The van der Waals surface area contributed by atoms with Crippen LogP contribution in [0, 0.1) is 0 Å². The van der Waals surface area contributed by atoms with Crippen LogP contribution in [0.2, 0.25) is 0 Å². The molecule has 0 saturated carbocycles. The van der Waals surface area contributed by atoms with E-state index in [1.807, 2.05) is 24.3 Å². The van der Waals surface area contributed by atoms with E-state index in [1.54, 1.807) is 30.5 Å². The van der Waals surface area contributed by atoms with Gasteiger partial charge in [-0.3, -0.25) is 4.79 Å². The van der Waals surface area contributed by atoms with Gasteiger partial charge in [-0.1, -0.05) is 25.5 Å². The second-order valence-corrected chi connectivity index (χ2v) is 5.41. The first-order valence-corrected chi connectivity index (χ1v) is 8.00. The molecule has 1 amide bonds. The molecular weight excluding hydrogens is 304 g/mol. The normalized spacial score (nSPS) is 10.7. The van der Waals surface area contributed by atoms with Gasteiger partial charge in [-0.25, -0.2) is 5.43 Å². The maximum atomic E-state index is 11.8. The number of phenolic OH excluding ortho intramolecular Hbond substituents is 1. The molecule has 0 unspecified atom stereocenters. The summed E-state index contributed by atoms with van der Waals surface area (Å²) in [6.45, 7) is 2.84. The van der Waals surface area contributed by atoms with Gasteiger partial charge in [0.25, 0.3) is 0 Å². The van der Waals surface area contributed by atoms with Crippen molar-refractivity contribution in [1.82, 2.24) is 5.43 Å². The number of hydrogen-bond donors (Lipinski definition) is 2. The third-order valence-corrected chi connectivity index (χ3v) is 3.35. The second-order valence-electron chi connectivity index (χ2n) is 5.41. The van der Waals surface area contributed by atoms with Crippen molar-refractivity contribution in [3.63, 3.8) is 0 Å². The number of carbonyl (C=O) groups is 1. The Bertz CT molecular complexity index is 664. The van der Waals surface area contributed by atoms with Crippen LogP contribution in [0.1, 0.15) is 30.9 Å². The van der Waals surface area contributed by atoms with E-state index in [-0.39, 0.29) is 18.1 Å². The fraction of sp³-hybridized carbons (Fsp3) is 0.263. The molecule has 0 atom stereocenters. The van der Waals surface area contributed by atoms with Gasteiger partial charge in [0.1, 0.15) is 11.5 Å². The molecule has 0 fully saturated rings. The van der Waals surface area contributed by atoms with Gasteiger partial charge in [-0.15, -0.1) is 0 Å². The average Bonchev–Trinajstić information content (AvgIpc) is 2.59. The molecule has 0 saturated heterocycles. The molecular formula is C19H22N2O3. The minimum absolute atomic E-state index is 0.180. The molecule has 0 heterocycles. The van der Waals surface area contributed by atoms with Crippen LogP contribution in [0.3, 0.4) is 0 Å². The summed E-state index contributed by atoms with van der Waals surface area (Å²) in [6.07, 6.45) is 3.94. The van der Waals surface area contributed by atoms with Crippen LogP contribution in [0.25, 0.3) is 0 Å². The van der Waals surface area contributed by atoms with E-state index >= 15 is 0 Å². The molecule has 24 heavy (non-hydrogen) atoms. The standard InChI is InChI=1S/C19H22N2O3/c1-2-3-12-24-18-10-6-16(7-11-18)14-20-21-19(23)13-15-4-8-17(22)9-5-15/h4-11,14,22H,2-3,12-13H2,1H3,(H,21,23)/b20-14-. The number of amides is 1. The smallest absolute Gasteiger partial charge is 0.244 e. The fourth-order valence-corrected chi connectivity index (χ4v) is 2.00. The van der Waals surface area contributed by atoms with Crippen LogP contribution in [0.15, 0.2) is 53.6 Å². The SMILES string of the molecule is CCCCOc1ccc(/C=N\NC(=O)Cc2ccc(O)cc2)cc1. The highest BCUT2D eigenvalue weighted by molar-refractivity contribution is 5.83. The molecule has 126 valence electrons. The second kappa shape index (κ2) is 9.35. The fourth-order valence-electron chi connectivity index (χ4n) is 2.00. The molecule has 0 aliphatic heterocycles. The Morgan fingerprint density at radius 1 is 1.17 bits per heavy atom. The predicted molar refractivity (Wildman–Crippen MR) is 94.4 cm³/mol. The zero-order valence-electron chi connectivity index (χ0n) is 13.7. The van der Waals surface area contributed by atoms with Gasteiger partial charge in [0.05, 0.1) is 19.2 Å². The Kier molecular flexibility index (Phi) is 6.83. The van der Waals surface area contributed by atoms with Gasteiger partial charge in [-0.2, -0.15) is 5.10 Å². The van der Waals surface area contributed by atoms with Crippen molar-refractivity contribution >= 4 is 12.1 Å². The van der Waals surface area contributed by atoms with Gasteiger partial charge in [-0.05, 0) is 53.9 Å². The number of hydrazone groups is 1. The molecule has 0 radical (unpaired) electrons. The highest BCUT2D eigenvalue weighted by Gasteiger charge is 2.02. The van der Waals surface area contributed by atoms with Crippen molar-refractivity contribution in [3.8, 4) is 11.5 Å². The largest absolute Gasteiger partial charge is 0.508 e. The predicted octanol–water partition coefficient (Wildman–Crippen LogP) is 3.26. The number of nitrogens with zero attached hydrogens (tertiary/aromatic N) is 1. The molecule has 2 rings (SSSR count). The maximum absolute atomic E-state index is 11.8. The molecule has 0 spiro atoms. The topological polar surface area (TPSA) is 70.9 Å². The summed E-state index contributed by atoms with van der Waals surface area (Å²) >= 11 is 0. The molecule has 0 aliphatic carbocycles. The third-order valence-electron chi connectivity index (χ3n) is 3.35. The molecule has 0 bridgehead atoms. The molecule has 5 nitrogen and oxygen atoms in total. The molecule has 2 N–H and O–H groups in total. The van der Waals surface area contributed by atoms with Crippen LogP contribution in [-0.2, 0) is 11.2 Å². The molecule has 2 aromatic rings. The Morgan fingerprint density at radius 2 is 1.88 bits per heavy atom. The number of nitrogens with one attached hydrogen (secondary N) is 1. The highest BCUT2D eigenvalue weighted by Crippen LogP contribution is 2.12. The minimum Gasteiger partial charge on any atom is -0.508 e.